The molecule has 18 heteroatoms. The molecule has 0 radical (unpaired) electrons. The van der Waals surface area contributed by atoms with Crippen LogP contribution in [0.15, 0.2) is 24.3 Å². The van der Waals surface area contributed by atoms with Crippen LogP contribution in [0.25, 0.3) is 0 Å². The second kappa shape index (κ2) is 12.1. The maximum Gasteiger partial charge on any atom is 0.485 e. The van der Waals surface area contributed by atoms with Gasteiger partial charge >= 0.3 is 20.9 Å². The summed E-state index contributed by atoms with van der Waals surface area (Å²) < 4.78 is 119. The van der Waals surface area contributed by atoms with Gasteiger partial charge in [-0.1, -0.05) is 30.0 Å². The van der Waals surface area contributed by atoms with E-state index in [0.29, 0.717) is 0 Å². The van der Waals surface area contributed by atoms with E-state index in [4.69, 9.17) is 25.9 Å². The molecule has 0 spiro atoms. The molecule has 0 aromatic heterocycles. The lowest BCUT2D eigenvalue weighted by atomic mass is 10.00. The summed E-state index contributed by atoms with van der Waals surface area (Å²) in [5, 5.41) is 11.7. The summed E-state index contributed by atoms with van der Waals surface area (Å²) in [5.74, 6) is 1.11. The lowest BCUT2D eigenvalue weighted by molar-refractivity contribution is -0.735. The molecule has 2 N–H and O–H groups in total. The molecule has 32 heavy (non-hydrogen) atoms. The topological polar surface area (TPSA) is 149 Å². The van der Waals surface area contributed by atoms with Crippen molar-refractivity contribution in [3.05, 3.63) is 35.4 Å². The molecular weight excluding hydrogens is 536 g/mol. The van der Waals surface area contributed by atoms with Crippen molar-refractivity contribution in [3.63, 3.8) is 0 Å². The van der Waals surface area contributed by atoms with Crippen molar-refractivity contribution in [2.75, 3.05) is 12.0 Å². The van der Waals surface area contributed by atoms with Crippen molar-refractivity contribution < 1.29 is 62.6 Å². The molecule has 0 saturated carbocycles. The number of aryl methyl sites for hydroxylation is 1. The smallest absolute Gasteiger partial charge is 0.485 e. The highest BCUT2D eigenvalue weighted by Gasteiger charge is 2.37. The van der Waals surface area contributed by atoms with Crippen LogP contribution in [0.3, 0.4) is 0 Å². The molecule has 0 aliphatic carbocycles. The molecule has 0 unspecified atom stereocenters. The van der Waals surface area contributed by atoms with E-state index >= 15 is 0 Å². The Balaban J connectivity index is 0.000000510. The Morgan fingerprint density at radius 1 is 1.00 bits per heavy atom. The van der Waals surface area contributed by atoms with E-state index in [-0.39, 0.29) is 0 Å². The van der Waals surface area contributed by atoms with Crippen LogP contribution in [0.5, 0.6) is 0 Å². The second-order valence-corrected chi connectivity index (χ2v) is 10.3. The number of rotatable bonds is 0. The van der Waals surface area contributed by atoms with Gasteiger partial charge in [-0.3, -0.25) is 5.21 Å². The van der Waals surface area contributed by atoms with Gasteiger partial charge in [0.25, 0.3) is 0 Å². The summed E-state index contributed by atoms with van der Waals surface area (Å²) in [6.07, 6.45) is 4.31. The van der Waals surface area contributed by atoms with Crippen molar-refractivity contribution in [1.82, 2.24) is 0 Å². The molecule has 1 aliphatic rings. The molecule has 0 bridgehead atoms. The molecule has 1 aromatic rings. The number of halogens is 6. The first kappa shape index (κ1) is 30.5. The number of benzene rings is 1. The molecule has 184 valence electrons. The second-order valence-electron chi connectivity index (χ2n) is 5.39. The van der Waals surface area contributed by atoms with Gasteiger partial charge in [0.1, 0.15) is 0 Å². The Labute approximate surface area is 187 Å². The summed E-state index contributed by atoms with van der Waals surface area (Å²) in [6, 6.07) is 8.28. The molecular formula is C14H15F6NO7S4. The summed E-state index contributed by atoms with van der Waals surface area (Å²) in [6.45, 7) is 0. The molecule has 2 rings (SSSR count). The average molecular weight is 552 g/mol. The highest BCUT2D eigenvalue weighted by Crippen LogP contribution is 2.21. The van der Waals surface area contributed by atoms with E-state index in [2.05, 4.69) is 23.4 Å². The van der Waals surface area contributed by atoms with Crippen LogP contribution in [0.4, 0.5) is 26.3 Å². The molecule has 0 atom stereocenters. The Bertz CT molecular complexity index is 992. The number of hydrogen-bond donors (Lipinski definition) is 2. The minimum absolute atomic E-state index is 0.854. The zero-order valence-corrected chi connectivity index (χ0v) is 19.0. The third kappa shape index (κ3) is 9.99. The molecule has 1 heterocycles. The number of thioether (sulfide) groups is 1. The van der Waals surface area contributed by atoms with Crippen LogP contribution in [0, 0.1) is 0 Å². The normalized spacial score (nSPS) is 17.8. The van der Waals surface area contributed by atoms with Crippen LogP contribution in [-0.2, 0) is 38.0 Å². The van der Waals surface area contributed by atoms with Crippen molar-refractivity contribution in [1.29, 1.82) is 0 Å². The van der Waals surface area contributed by atoms with Gasteiger partial charge in [0.05, 0.1) is 5.56 Å². The van der Waals surface area contributed by atoms with Crippen molar-refractivity contribution in [2.24, 2.45) is 0 Å². The van der Waals surface area contributed by atoms with E-state index < -0.39 is 31.3 Å². The van der Waals surface area contributed by atoms with E-state index in [0.717, 1.165) is 27.6 Å². The van der Waals surface area contributed by atoms with Gasteiger partial charge in [0.15, 0.2) is 37.8 Å². The fraction of sp³-hybridized carbons (Fsp3) is 0.429. The van der Waals surface area contributed by atoms with Crippen LogP contribution in [0.2, 0.25) is 0 Å². The van der Waals surface area contributed by atoms with E-state index in [1.807, 2.05) is 24.1 Å². The third-order valence-electron chi connectivity index (χ3n) is 3.18. The predicted molar refractivity (Wildman–Crippen MR) is 104 cm³/mol. The van der Waals surface area contributed by atoms with Gasteiger partial charge in [-0.15, -0.1) is 0 Å². The first-order valence-electron chi connectivity index (χ1n) is 7.80. The summed E-state index contributed by atoms with van der Waals surface area (Å²) >= 11 is 3.50. The van der Waals surface area contributed by atoms with Gasteiger partial charge in [0, 0.05) is 5.75 Å². The van der Waals surface area contributed by atoms with E-state index in [1.54, 1.807) is 11.4 Å². The predicted octanol–water partition coefficient (Wildman–Crippen LogP) is 0.570. The number of alkyl halides is 6. The Hall–Kier alpha value is -1.47. The quantitative estimate of drug-likeness (QED) is 0.0905. The number of nitrogens with one attached hydrogen (secondary N) is 1. The van der Waals surface area contributed by atoms with Gasteiger partial charge in [-0.2, -0.15) is 26.3 Å². The van der Waals surface area contributed by atoms with Gasteiger partial charge < -0.3 is 9.11 Å². The molecule has 8 nitrogen and oxygen atoms in total. The minimum atomic E-state index is -6.09. The zero-order valence-electron chi connectivity index (χ0n) is 15.7. The largest absolute Gasteiger partial charge is 0.741 e. The highest BCUT2D eigenvalue weighted by atomic mass is 32.2. The molecule has 1 aromatic carbocycles. The summed E-state index contributed by atoms with van der Waals surface area (Å²) in [7, 11) is -12.2. The van der Waals surface area contributed by atoms with Crippen molar-refractivity contribution in [3.8, 4) is 0 Å². The van der Waals surface area contributed by atoms with Gasteiger partial charge in [-0.05, 0) is 29.6 Å². The third-order valence-corrected chi connectivity index (χ3v) is 6.70. The van der Waals surface area contributed by atoms with E-state index in [9.17, 15) is 31.5 Å². The highest BCUT2D eigenvalue weighted by molar-refractivity contribution is 8.24. The Morgan fingerprint density at radius 2 is 1.44 bits per heavy atom. The lowest BCUT2D eigenvalue weighted by Crippen LogP contribution is -2.71. The van der Waals surface area contributed by atoms with Crippen LogP contribution in [0.1, 0.15) is 17.5 Å². The fourth-order valence-corrected chi connectivity index (χ4v) is 3.71. The van der Waals surface area contributed by atoms with Crippen LogP contribution >= 0.6 is 11.8 Å². The van der Waals surface area contributed by atoms with Gasteiger partial charge in [0.2, 0.25) is 0 Å². The Kier molecular flexibility index (Phi) is 11.6. The average Bonchev–Trinajstić information content (AvgIpc) is 2.60. The number of hydrogen-bond acceptors (Lipinski definition) is 8. The first-order chi connectivity index (χ1) is 14.4. The first-order valence-corrected chi connectivity index (χ1v) is 12.8. The monoisotopic (exact) mass is 551 g/mol. The Morgan fingerprint density at radius 3 is 1.81 bits per heavy atom. The summed E-state index contributed by atoms with van der Waals surface area (Å²) in [4.78, 5) is 0. The maximum atomic E-state index is 10.7. The van der Waals surface area contributed by atoms with E-state index in [1.165, 1.54) is 12.0 Å². The molecule has 0 fully saturated rings. The molecule has 1 aliphatic heterocycles. The fourth-order valence-electron chi connectivity index (χ4n) is 1.86. The molecule has 0 amide bonds. The SMILES string of the molecule is C[S+]=C1SCCCc2ccccc2/C1=[NH+]/O.O=S(=O)([O-])C(F)(F)F.O=S(=O)([O-])C(F)(F)F. The maximum absolute atomic E-state index is 10.7. The van der Waals surface area contributed by atoms with Crippen molar-refractivity contribution >= 4 is 53.3 Å². The molecule has 0 saturated heterocycles. The van der Waals surface area contributed by atoms with Crippen molar-refractivity contribution in [2.45, 2.75) is 23.9 Å². The number of fused-ring (bicyclic) bond motifs is 1. The zero-order chi connectivity index (χ0) is 25.4. The van der Waals surface area contributed by atoms with Crippen LogP contribution in [-0.4, -0.2) is 64.1 Å². The minimum Gasteiger partial charge on any atom is -0.741 e. The lowest BCUT2D eigenvalue weighted by Gasteiger charge is -2.09. The summed E-state index contributed by atoms with van der Waals surface area (Å²) in [5.41, 5.74) is -8.00. The van der Waals surface area contributed by atoms with Gasteiger partial charge in [-0.25, -0.2) is 16.8 Å². The van der Waals surface area contributed by atoms with Crippen LogP contribution < -0.4 is 5.16 Å². The standard InChI is InChI=1S/C12H13NOS2.2CHF3O3S/c1-15-12-11(13-14)10-7-3-2-5-9(10)6-4-8-16-12;2*2-1(3,4)8(5,6)7/h2-3,5,7H,4,6,8H2,1H3;2*(H,5,6,7)/b13-11-;;.